The molecule has 1 saturated heterocycles. The van der Waals surface area contributed by atoms with Gasteiger partial charge in [0, 0.05) is 50.3 Å². The number of aliphatic carboxylic acids is 2. The number of carbonyl (C=O) groups is 2. The third kappa shape index (κ3) is 7.30. The van der Waals surface area contributed by atoms with Crippen LogP contribution >= 0.6 is 0 Å². The van der Waals surface area contributed by atoms with Crippen molar-refractivity contribution in [2.75, 3.05) is 40.8 Å². The molecule has 0 unspecified atom stereocenters. The molecule has 11 heteroatoms. The van der Waals surface area contributed by atoms with Gasteiger partial charge in [-0.05, 0) is 50.2 Å². The van der Waals surface area contributed by atoms with Crippen LogP contribution in [0.3, 0.4) is 0 Å². The van der Waals surface area contributed by atoms with Crippen molar-refractivity contribution in [3.63, 3.8) is 0 Å². The largest absolute Gasteiger partial charge is 0.481 e. The van der Waals surface area contributed by atoms with Crippen LogP contribution in [0.25, 0.3) is 10.9 Å². The van der Waals surface area contributed by atoms with Gasteiger partial charge in [0.25, 0.3) is 10.2 Å². The molecule has 0 saturated carbocycles. The maximum atomic E-state index is 12.4. The normalized spacial score (nSPS) is 16.6. The fourth-order valence-electron chi connectivity index (χ4n) is 3.35. The number of nitrogens with zero attached hydrogens (tertiary/aromatic N) is 3. The highest BCUT2D eigenvalue weighted by Gasteiger charge is 2.30. The number of H-pyrrole nitrogens is 1. The smallest absolute Gasteiger partial charge is 0.303 e. The first kappa shape index (κ1) is 25.8. The summed E-state index contributed by atoms with van der Waals surface area (Å²) >= 11 is 0. The molecule has 0 aliphatic carbocycles. The third-order valence-corrected chi connectivity index (χ3v) is 7.11. The standard InChI is InChI=1S/C17H26N4O2S.C4H6O4/c1-19(2)10-7-15-12-18-17-6-5-14(11-16(15)17)13-21-9-4-8-20(3)24(21,22)23;5-3(6)1-2-4(7)8/h5-6,11-12,18H,4,7-10,13H2,1-3H3;1-2H2,(H,5,6)(H,7,8). The van der Waals surface area contributed by atoms with Crippen LogP contribution in [0.2, 0.25) is 0 Å². The van der Waals surface area contributed by atoms with Crippen molar-refractivity contribution in [1.29, 1.82) is 0 Å². The van der Waals surface area contributed by atoms with Crippen LogP contribution in [0.4, 0.5) is 0 Å². The van der Waals surface area contributed by atoms with E-state index in [2.05, 4.69) is 36.2 Å². The number of hydrogen-bond acceptors (Lipinski definition) is 5. The fraction of sp³-hybridized carbons (Fsp3) is 0.524. The second kappa shape index (κ2) is 11.4. The lowest BCUT2D eigenvalue weighted by Crippen LogP contribution is -2.47. The summed E-state index contributed by atoms with van der Waals surface area (Å²) in [5, 5.41) is 17.0. The highest BCUT2D eigenvalue weighted by Crippen LogP contribution is 2.23. The predicted octanol–water partition coefficient (Wildman–Crippen LogP) is 1.59. The molecule has 3 rings (SSSR count). The van der Waals surface area contributed by atoms with E-state index < -0.39 is 22.1 Å². The predicted molar refractivity (Wildman–Crippen MR) is 122 cm³/mol. The molecule has 2 aromatic rings. The number of likely N-dealkylation sites (N-methyl/N-ethyl adjacent to an activating group) is 1. The summed E-state index contributed by atoms with van der Waals surface area (Å²) in [7, 11) is 2.46. The molecule has 178 valence electrons. The van der Waals surface area contributed by atoms with E-state index in [1.807, 2.05) is 12.1 Å². The molecule has 0 bridgehead atoms. The maximum Gasteiger partial charge on any atom is 0.303 e. The minimum atomic E-state index is -3.32. The van der Waals surface area contributed by atoms with Gasteiger partial charge in [-0.1, -0.05) is 6.07 Å². The van der Waals surface area contributed by atoms with E-state index in [1.54, 1.807) is 11.4 Å². The average Bonchev–Trinajstić information content (AvgIpc) is 3.11. The first-order chi connectivity index (χ1) is 15.0. The highest BCUT2D eigenvalue weighted by molar-refractivity contribution is 7.86. The van der Waals surface area contributed by atoms with Crippen molar-refractivity contribution in [3.05, 3.63) is 35.5 Å². The molecule has 32 heavy (non-hydrogen) atoms. The molecule has 3 N–H and O–H groups in total. The van der Waals surface area contributed by atoms with Gasteiger partial charge in [-0.2, -0.15) is 17.0 Å². The molecule has 1 fully saturated rings. The molecule has 0 amide bonds. The monoisotopic (exact) mass is 468 g/mol. The number of carboxylic acids is 2. The Morgan fingerprint density at radius 3 is 2.38 bits per heavy atom. The summed E-state index contributed by atoms with van der Waals surface area (Å²) in [6.45, 7) is 2.61. The van der Waals surface area contributed by atoms with Crippen molar-refractivity contribution < 1.29 is 28.2 Å². The van der Waals surface area contributed by atoms with E-state index in [0.717, 1.165) is 30.5 Å². The van der Waals surface area contributed by atoms with Crippen molar-refractivity contribution >= 4 is 33.1 Å². The van der Waals surface area contributed by atoms with Gasteiger partial charge in [-0.15, -0.1) is 0 Å². The first-order valence-corrected chi connectivity index (χ1v) is 11.8. The Bertz CT molecular complexity index is 1020. The number of aromatic nitrogens is 1. The number of rotatable bonds is 8. The van der Waals surface area contributed by atoms with Crippen LogP contribution < -0.4 is 0 Å². The molecule has 0 atom stereocenters. The van der Waals surface area contributed by atoms with E-state index >= 15 is 0 Å². The van der Waals surface area contributed by atoms with E-state index in [-0.39, 0.29) is 12.8 Å². The third-order valence-electron chi connectivity index (χ3n) is 5.17. The zero-order valence-electron chi connectivity index (χ0n) is 18.7. The van der Waals surface area contributed by atoms with Gasteiger partial charge in [0.1, 0.15) is 0 Å². The second-order valence-electron chi connectivity index (χ2n) is 8.05. The Labute approximate surface area is 188 Å². The van der Waals surface area contributed by atoms with E-state index in [1.165, 1.54) is 15.3 Å². The van der Waals surface area contributed by atoms with Crippen molar-refractivity contribution in [2.45, 2.75) is 32.2 Å². The maximum absolute atomic E-state index is 12.4. The lowest BCUT2D eigenvalue weighted by molar-refractivity contribution is -0.143. The molecule has 1 aromatic carbocycles. The van der Waals surface area contributed by atoms with E-state index in [4.69, 9.17) is 10.2 Å². The highest BCUT2D eigenvalue weighted by atomic mass is 32.2. The minimum Gasteiger partial charge on any atom is -0.481 e. The number of nitrogens with one attached hydrogen (secondary N) is 1. The lowest BCUT2D eigenvalue weighted by atomic mass is 10.1. The molecule has 1 aromatic heterocycles. The van der Waals surface area contributed by atoms with E-state index in [9.17, 15) is 18.0 Å². The summed E-state index contributed by atoms with van der Waals surface area (Å²) < 4.78 is 27.8. The zero-order valence-corrected chi connectivity index (χ0v) is 19.6. The van der Waals surface area contributed by atoms with Crippen LogP contribution in [0.5, 0.6) is 0 Å². The topological polar surface area (TPSA) is 134 Å². The van der Waals surface area contributed by atoms with Gasteiger partial charge in [0.15, 0.2) is 0 Å². The summed E-state index contributed by atoms with van der Waals surface area (Å²) in [5.41, 5.74) is 3.41. The van der Waals surface area contributed by atoms with Gasteiger partial charge < -0.3 is 20.1 Å². The Morgan fingerprint density at radius 1 is 1.12 bits per heavy atom. The second-order valence-corrected chi connectivity index (χ2v) is 10.1. The Hall–Kier alpha value is -2.47. The van der Waals surface area contributed by atoms with Crippen LogP contribution in [0, 0.1) is 0 Å². The van der Waals surface area contributed by atoms with Crippen LogP contribution in [0.15, 0.2) is 24.4 Å². The summed E-state index contributed by atoms with van der Waals surface area (Å²) in [6, 6.07) is 6.18. The van der Waals surface area contributed by atoms with E-state index in [0.29, 0.717) is 19.6 Å². The fourth-order valence-corrected chi connectivity index (χ4v) is 4.78. The van der Waals surface area contributed by atoms with Crippen LogP contribution in [-0.2, 0) is 32.8 Å². The number of carboxylic acid groups (broad SMARTS) is 2. The van der Waals surface area contributed by atoms with Crippen LogP contribution in [-0.4, -0.2) is 89.8 Å². The molecule has 10 nitrogen and oxygen atoms in total. The molecule has 0 spiro atoms. The molecular formula is C21H32N4O6S. The Balaban J connectivity index is 0.000000390. The molecule has 1 aliphatic heterocycles. The molecule has 0 radical (unpaired) electrons. The number of aromatic amines is 1. The number of fused-ring (bicyclic) bond motifs is 1. The Morgan fingerprint density at radius 2 is 1.78 bits per heavy atom. The summed E-state index contributed by atoms with van der Waals surface area (Å²) in [6.07, 6.45) is 3.31. The first-order valence-electron chi connectivity index (χ1n) is 10.4. The Kier molecular flexibility index (Phi) is 9.20. The molecular weight excluding hydrogens is 436 g/mol. The SMILES string of the molecule is CN(C)CCc1c[nH]c2ccc(CN3CCCN(C)S3(=O)=O)cc12.O=C(O)CCC(=O)O. The van der Waals surface area contributed by atoms with Crippen molar-refractivity contribution in [1.82, 2.24) is 18.5 Å². The van der Waals surface area contributed by atoms with Gasteiger partial charge >= 0.3 is 11.9 Å². The van der Waals surface area contributed by atoms with Gasteiger partial charge in [-0.25, -0.2) is 0 Å². The molecule has 1 aliphatic rings. The van der Waals surface area contributed by atoms with Crippen LogP contribution in [0.1, 0.15) is 30.4 Å². The van der Waals surface area contributed by atoms with Crippen molar-refractivity contribution in [2.24, 2.45) is 0 Å². The van der Waals surface area contributed by atoms with Gasteiger partial charge in [0.05, 0.1) is 12.8 Å². The average molecular weight is 469 g/mol. The number of benzene rings is 1. The lowest BCUT2D eigenvalue weighted by Gasteiger charge is -2.32. The minimum absolute atomic E-state index is 0.296. The summed E-state index contributed by atoms with van der Waals surface area (Å²) in [5.74, 6) is -2.15. The van der Waals surface area contributed by atoms with Crippen molar-refractivity contribution in [3.8, 4) is 0 Å². The van der Waals surface area contributed by atoms with Gasteiger partial charge in [0.2, 0.25) is 0 Å². The van der Waals surface area contributed by atoms with Gasteiger partial charge in [-0.3, -0.25) is 9.59 Å². The molecule has 2 heterocycles. The number of hydrogen-bond donors (Lipinski definition) is 3. The quantitative estimate of drug-likeness (QED) is 0.535. The zero-order chi connectivity index (χ0) is 23.9. The summed E-state index contributed by atoms with van der Waals surface area (Å²) in [4.78, 5) is 24.8.